The second-order valence-electron chi connectivity index (χ2n) is 5.68. The Labute approximate surface area is 141 Å². The van der Waals surface area contributed by atoms with Crippen molar-refractivity contribution in [2.45, 2.75) is 30.7 Å². The lowest BCUT2D eigenvalue weighted by atomic mass is 10.0. The third kappa shape index (κ3) is 4.12. The first-order valence-electron chi connectivity index (χ1n) is 7.63. The topological polar surface area (TPSA) is 78.9 Å². The number of nitrogens with one attached hydrogen (secondary N) is 3. The maximum atomic E-state index is 13.3. The average molecular weight is 351 g/mol. The van der Waals surface area contributed by atoms with Crippen molar-refractivity contribution in [3.05, 3.63) is 60.2 Å². The molecule has 1 amide bonds. The normalized spacial score (nSPS) is 21.7. The summed E-state index contributed by atoms with van der Waals surface area (Å²) in [6.45, 7) is 0. The molecule has 132 valence electrons. The van der Waals surface area contributed by atoms with Gasteiger partial charge in [0.15, 0.2) is 6.04 Å². The summed E-state index contributed by atoms with van der Waals surface area (Å²) in [5.41, 5.74) is 6.46. The van der Waals surface area contributed by atoms with Crippen LogP contribution in [-0.2, 0) is 4.79 Å². The molecule has 2 aromatic rings. The number of hydrazine groups is 1. The van der Waals surface area contributed by atoms with E-state index < -0.39 is 24.2 Å². The number of aromatic nitrogens is 2. The first-order chi connectivity index (χ1) is 11.9. The summed E-state index contributed by atoms with van der Waals surface area (Å²) in [6, 6.07) is 3.19. The molecule has 1 aliphatic rings. The van der Waals surface area contributed by atoms with E-state index in [0.717, 1.165) is 11.8 Å². The predicted molar refractivity (Wildman–Crippen MR) is 82.8 cm³/mol. The molecule has 0 aliphatic carbocycles. The van der Waals surface area contributed by atoms with Crippen LogP contribution in [0.25, 0.3) is 0 Å². The van der Waals surface area contributed by atoms with Crippen molar-refractivity contribution >= 4 is 5.91 Å². The lowest BCUT2D eigenvalue weighted by Crippen LogP contribution is -2.47. The van der Waals surface area contributed by atoms with Crippen molar-refractivity contribution < 1.29 is 18.0 Å². The zero-order valence-corrected chi connectivity index (χ0v) is 13.0. The van der Waals surface area contributed by atoms with Crippen LogP contribution in [0, 0.1) is 0 Å². The molecule has 0 spiro atoms. The van der Waals surface area contributed by atoms with E-state index in [1.54, 1.807) is 24.5 Å². The van der Waals surface area contributed by atoms with Gasteiger partial charge in [-0.25, -0.2) is 10.9 Å². The van der Waals surface area contributed by atoms with Crippen LogP contribution in [0.2, 0.25) is 0 Å². The first-order valence-corrected chi connectivity index (χ1v) is 7.63. The van der Waals surface area contributed by atoms with Crippen LogP contribution in [0.3, 0.4) is 0 Å². The monoisotopic (exact) mass is 351 g/mol. The summed E-state index contributed by atoms with van der Waals surface area (Å²) in [4.78, 5) is 19.9. The molecule has 3 rings (SSSR count). The van der Waals surface area contributed by atoms with Gasteiger partial charge in [0.1, 0.15) is 6.04 Å². The highest BCUT2D eigenvalue weighted by Gasteiger charge is 2.43. The SMILES string of the molecule is O=C(NC(c1cccnc1)C(F)(F)F)C1CC(c2ccncc2)NN1. The summed E-state index contributed by atoms with van der Waals surface area (Å²) >= 11 is 0. The Hall–Kier alpha value is -2.52. The Morgan fingerprint density at radius 3 is 2.56 bits per heavy atom. The minimum absolute atomic E-state index is 0.111. The highest BCUT2D eigenvalue weighted by atomic mass is 19.4. The average Bonchev–Trinajstić information content (AvgIpc) is 3.10. The van der Waals surface area contributed by atoms with E-state index in [1.165, 1.54) is 18.3 Å². The largest absolute Gasteiger partial charge is 0.412 e. The smallest absolute Gasteiger partial charge is 0.339 e. The van der Waals surface area contributed by atoms with Gasteiger partial charge in [-0.15, -0.1) is 0 Å². The molecule has 1 aliphatic heterocycles. The van der Waals surface area contributed by atoms with Crippen LogP contribution in [0.1, 0.15) is 29.6 Å². The van der Waals surface area contributed by atoms with Crippen LogP contribution in [0.5, 0.6) is 0 Å². The molecule has 25 heavy (non-hydrogen) atoms. The zero-order chi connectivity index (χ0) is 17.9. The van der Waals surface area contributed by atoms with Crippen molar-refractivity contribution in [1.82, 2.24) is 26.1 Å². The van der Waals surface area contributed by atoms with E-state index in [2.05, 4.69) is 26.1 Å². The Bertz CT molecular complexity index is 711. The number of carbonyl (C=O) groups excluding carboxylic acids is 1. The van der Waals surface area contributed by atoms with Crippen molar-refractivity contribution in [1.29, 1.82) is 0 Å². The number of hydrogen-bond acceptors (Lipinski definition) is 5. The van der Waals surface area contributed by atoms with Gasteiger partial charge >= 0.3 is 6.18 Å². The Morgan fingerprint density at radius 1 is 1.16 bits per heavy atom. The number of alkyl halides is 3. The number of pyridine rings is 2. The molecule has 6 nitrogen and oxygen atoms in total. The van der Waals surface area contributed by atoms with Gasteiger partial charge in [-0.05, 0) is 30.2 Å². The van der Waals surface area contributed by atoms with E-state index in [0.29, 0.717) is 6.42 Å². The lowest BCUT2D eigenvalue weighted by molar-refractivity contribution is -0.164. The van der Waals surface area contributed by atoms with Crippen molar-refractivity contribution in [3.8, 4) is 0 Å². The Balaban J connectivity index is 1.68. The molecule has 3 unspecified atom stereocenters. The van der Waals surface area contributed by atoms with E-state index in [4.69, 9.17) is 0 Å². The molecule has 9 heteroatoms. The highest BCUT2D eigenvalue weighted by molar-refractivity contribution is 5.82. The zero-order valence-electron chi connectivity index (χ0n) is 13.0. The Kier molecular flexibility index (Phi) is 4.95. The molecule has 3 heterocycles. The maximum absolute atomic E-state index is 13.3. The minimum Gasteiger partial charge on any atom is -0.339 e. The number of nitrogens with zero attached hydrogens (tertiary/aromatic N) is 2. The second kappa shape index (κ2) is 7.16. The number of halogens is 3. The maximum Gasteiger partial charge on any atom is 0.412 e. The fourth-order valence-corrected chi connectivity index (χ4v) is 2.69. The molecular formula is C16H16F3N5O. The van der Waals surface area contributed by atoms with Gasteiger partial charge in [0.05, 0.1) is 0 Å². The molecule has 3 atom stereocenters. The van der Waals surface area contributed by atoms with Crippen LogP contribution in [-0.4, -0.2) is 28.1 Å². The molecular weight excluding hydrogens is 335 g/mol. The van der Waals surface area contributed by atoms with Gasteiger partial charge in [0.25, 0.3) is 0 Å². The number of hydrogen-bond donors (Lipinski definition) is 3. The van der Waals surface area contributed by atoms with Gasteiger partial charge < -0.3 is 5.32 Å². The van der Waals surface area contributed by atoms with Gasteiger partial charge in [0, 0.05) is 36.4 Å². The van der Waals surface area contributed by atoms with Crippen molar-refractivity contribution in [2.24, 2.45) is 0 Å². The molecule has 0 radical (unpaired) electrons. The van der Waals surface area contributed by atoms with Gasteiger partial charge in [-0.3, -0.25) is 14.8 Å². The van der Waals surface area contributed by atoms with Crippen molar-refractivity contribution in [3.63, 3.8) is 0 Å². The first kappa shape index (κ1) is 17.3. The van der Waals surface area contributed by atoms with Crippen LogP contribution in [0.15, 0.2) is 49.1 Å². The van der Waals surface area contributed by atoms with Gasteiger partial charge in [0.2, 0.25) is 5.91 Å². The van der Waals surface area contributed by atoms with Crippen LogP contribution >= 0.6 is 0 Å². The summed E-state index contributed by atoms with van der Waals surface area (Å²) in [5, 5.41) is 2.07. The number of carbonyl (C=O) groups is 1. The molecule has 1 fully saturated rings. The van der Waals surface area contributed by atoms with Gasteiger partial charge in [-0.1, -0.05) is 6.07 Å². The van der Waals surface area contributed by atoms with Crippen molar-refractivity contribution in [2.75, 3.05) is 0 Å². The number of rotatable bonds is 4. The number of amides is 1. The molecule has 2 aromatic heterocycles. The third-order valence-corrected chi connectivity index (χ3v) is 3.96. The molecule has 0 bridgehead atoms. The fraction of sp³-hybridized carbons (Fsp3) is 0.312. The lowest BCUT2D eigenvalue weighted by Gasteiger charge is -2.23. The van der Waals surface area contributed by atoms with E-state index in [9.17, 15) is 18.0 Å². The van der Waals surface area contributed by atoms with Crippen LogP contribution in [0.4, 0.5) is 13.2 Å². The van der Waals surface area contributed by atoms with Crippen LogP contribution < -0.4 is 16.2 Å². The van der Waals surface area contributed by atoms with E-state index >= 15 is 0 Å². The molecule has 1 saturated heterocycles. The van der Waals surface area contributed by atoms with E-state index in [1.807, 2.05) is 0 Å². The quantitative estimate of drug-likeness (QED) is 0.783. The Morgan fingerprint density at radius 2 is 1.92 bits per heavy atom. The minimum atomic E-state index is -4.62. The predicted octanol–water partition coefficient (Wildman–Crippen LogP) is 1.80. The standard InChI is InChI=1S/C16H16F3N5O/c17-16(18,19)14(11-2-1-5-21-9-11)22-15(25)13-8-12(23-24-13)10-3-6-20-7-4-10/h1-7,9,12-14,23-24H,8H2,(H,22,25). The molecule has 0 aromatic carbocycles. The molecule has 3 N–H and O–H groups in total. The summed E-state index contributed by atoms with van der Waals surface area (Å²) in [5.74, 6) is -0.727. The van der Waals surface area contributed by atoms with E-state index in [-0.39, 0.29) is 11.6 Å². The summed E-state index contributed by atoms with van der Waals surface area (Å²) in [6.07, 6.45) is 1.42. The molecule has 0 saturated carbocycles. The summed E-state index contributed by atoms with van der Waals surface area (Å²) < 4.78 is 39.9. The summed E-state index contributed by atoms with van der Waals surface area (Å²) in [7, 11) is 0. The third-order valence-electron chi connectivity index (χ3n) is 3.96. The fourth-order valence-electron chi connectivity index (χ4n) is 2.69. The second-order valence-corrected chi connectivity index (χ2v) is 5.68. The highest BCUT2D eigenvalue weighted by Crippen LogP contribution is 2.32. The van der Waals surface area contributed by atoms with Gasteiger partial charge in [-0.2, -0.15) is 13.2 Å².